The van der Waals surface area contributed by atoms with Gasteiger partial charge in [0.1, 0.15) is 17.7 Å². The maximum Gasteiger partial charge on any atom is 0.407 e. The summed E-state index contributed by atoms with van der Waals surface area (Å²) >= 11 is 0. The van der Waals surface area contributed by atoms with Gasteiger partial charge in [-0.1, -0.05) is 0 Å². The molecule has 1 amide bonds. The molecule has 2 aromatic rings. The van der Waals surface area contributed by atoms with Gasteiger partial charge >= 0.3 is 6.09 Å². The van der Waals surface area contributed by atoms with Gasteiger partial charge in [-0.15, -0.1) is 0 Å². The van der Waals surface area contributed by atoms with E-state index in [1.54, 1.807) is 0 Å². The van der Waals surface area contributed by atoms with E-state index in [4.69, 9.17) is 10.8 Å². The zero-order valence-corrected chi connectivity index (χ0v) is 11.4. The molecule has 8 heteroatoms. The summed E-state index contributed by atoms with van der Waals surface area (Å²) in [5.41, 5.74) is 7.07. The molecule has 0 radical (unpaired) electrons. The number of carbonyl (C=O) groups is 1. The molecule has 0 aliphatic carbocycles. The van der Waals surface area contributed by atoms with Crippen LogP contribution in [0.1, 0.15) is 12.8 Å². The van der Waals surface area contributed by atoms with Gasteiger partial charge in [0.2, 0.25) is 0 Å². The van der Waals surface area contributed by atoms with E-state index < -0.39 is 6.09 Å². The van der Waals surface area contributed by atoms with E-state index >= 15 is 0 Å². The minimum Gasteiger partial charge on any atom is -0.465 e. The van der Waals surface area contributed by atoms with Crippen molar-refractivity contribution in [3.8, 4) is 0 Å². The highest BCUT2D eigenvalue weighted by atomic mass is 16.4. The van der Waals surface area contributed by atoms with Gasteiger partial charge in [0.25, 0.3) is 0 Å². The zero-order valence-electron chi connectivity index (χ0n) is 11.4. The molecule has 4 N–H and O–H groups in total. The molecule has 0 atom stereocenters. The Balaban J connectivity index is 1.71. The van der Waals surface area contributed by atoms with E-state index in [0.717, 1.165) is 12.8 Å². The number of hydrogen-bond donors (Lipinski definition) is 3. The van der Waals surface area contributed by atoms with Gasteiger partial charge in [-0.3, -0.25) is 0 Å². The number of nitrogens with zero attached hydrogens (tertiary/aromatic N) is 4. The molecule has 8 nitrogen and oxygen atoms in total. The van der Waals surface area contributed by atoms with Crippen LogP contribution >= 0.6 is 0 Å². The lowest BCUT2D eigenvalue weighted by Crippen LogP contribution is -2.41. The van der Waals surface area contributed by atoms with Crippen LogP contribution < -0.4 is 11.1 Å². The molecule has 1 aliphatic rings. The third kappa shape index (κ3) is 2.78. The van der Waals surface area contributed by atoms with Crippen molar-refractivity contribution in [2.45, 2.75) is 18.9 Å². The first-order valence-electron chi connectivity index (χ1n) is 6.75. The average Bonchev–Trinajstić information content (AvgIpc) is 2.49. The van der Waals surface area contributed by atoms with Crippen LogP contribution in [0, 0.1) is 0 Å². The molecule has 0 aromatic carbocycles. The summed E-state index contributed by atoms with van der Waals surface area (Å²) in [4.78, 5) is 24.8. The van der Waals surface area contributed by atoms with Crippen LogP contribution in [0.5, 0.6) is 0 Å². The standard InChI is InChI=1S/C13H16N6O2/c14-12-11-9(15-7-16-12)1-2-10(18-11)17-8-3-5-19(6-4-8)13(20)21/h1-2,7-8H,3-6H2,(H,17,18)(H,20,21)(H2,14,15,16). The molecule has 1 saturated heterocycles. The Morgan fingerprint density at radius 2 is 2.10 bits per heavy atom. The molecule has 0 unspecified atom stereocenters. The summed E-state index contributed by atoms with van der Waals surface area (Å²) < 4.78 is 0. The molecule has 1 aliphatic heterocycles. The summed E-state index contributed by atoms with van der Waals surface area (Å²) in [5.74, 6) is 1.06. The zero-order chi connectivity index (χ0) is 14.8. The Labute approximate surface area is 121 Å². The lowest BCUT2D eigenvalue weighted by atomic mass is 10.1. The van der Waals surface area contributed by atoms with Crippen molar-refractivity contribution >= 4 is 28.8 Å². The second-order valence-corrected chi connectivity index (χ2v) is 5.01. The van der Waals surface area contributed by atoms with E-state index in [0.29, 0.717) is 35.8 Å². The van der Waals surface area contributed by atoms with Crippen LogP contribution in [0.4, 0.5) is 16.4 Å². The second-order valence-electron chi connectivity index (χ2n) is 5.01. The van der Waals surface area contributed by atoms with Gasteiger partial charge in [0, 0.05) is 19.1 Å². The van der Waals surface area contributed by atoms with Gasteiger partial charge < -0.3 is 21.1 Å². The number of likely N-dealkylation sites (tertiary alicyclic amines) is 1. The molecule has 3 rings (SSSR count). The molecule has 0 saturated carbocycles. The number of nitrogens with one attached hydrogen (secondary N) is 1. The summed E-state index contributed by atoms with van der Waals surface area (Å²) in [7, 11) is 0. The third-order valence-electron chi connectivity index (χ3n) is 3.63. The number of nitrogens with two attached hydrogens (primary N) is 1. The van der Waals surface area contributed by atoms with Crippen LogP contribution in [-0.4, -0.2) is 50.2 Å². The Hall–Kier alpha value is -2.64. The maximum absolute atomic E-state index is 10.9. The van der Waals surface area contributed by atoms with Gasteiger partial charge in [0.15, 0.2) is 5.82 Å². The Morgan fingerprint density at radius 3 is 2.81 bits per heavy atom. The fourth-order valence-corrected chi connectivity index (χ4v) is 2.46. The number of amides is 1. The van der Waals surface area contributed by atoms with E-state index in [9.17, 15) is 4.79 Å². The van der Waals surface area contributed by atoms with Crippen molar-refractivity contribution in [1.29, 1.82) is 0 Å². The first-order valence-corrected chi connectivity index (χ1v) is 6.75. The monoisotopic (exact) mass is 288 g/mol. The highest BCUT2D eigenvalue weighted by Gasteiger charge is 2.22. The van der Waals surface area contributed by atoms with Crippen molar-refractivity contribution in [3.63, 3.8) is 0 Å². The second kappa shape index (κ2) is 5.39. The summed E-state index contributed by atoms with van der Waals surface area (Å²) in [6.45, 7) is 1.07. The minimum atomic E-state index is -0.859. The number of hydrogen-bond acceptors (Lipinski definition) is 6. The van der Waals surface area contributed by atoms with Crippen molar-refractivity contribution in [1.82, 2.24) is 19.9 Å². The smallest absolute Gasteiger partial charge is 0.407 e. The first kappa shape index (κ1) is 13.3. The maximum atomic E-state index is 10.9. The lowest BCUT2D eigenvalue weighted by Gasteiger charge is -2.30. The number of rotatable bonds is 2. The largest absolute Gasteiger partial charge is 0.465 e. The van der Waals surface area contributed by atoms with Crippen LogP contribution in [0.15, 0.2) is 18.5 Å². The molecule has 3 heterocycles. The van der Waals surface area contributed by atoms with Gasteiger partial charge in [-0.05, 0) is 25.0 Å². The van der Waals surface area contributed by atoms with E-state index in [-0.39, 0.29) is 6.04 Å². The van der Waals surface area contributed by atoms with Gasteiger partial charge in [-0.25, -0.2) is 19.7 Å². The number of fused-ring (bicyclic) bond motifs is 1. The number of anilines is 2. The van der Waals surface area contributed by atoms with Crippen LogP contribution in [0.2, 0.25) is 0 Å². The third-order valence-corrected chi connectivity index (χ3v) is 3.63. The Morgan fingerprint density at radius 1 is 1.33 bits per heavy atom. The molecule has 21 heavy (non-hydrogen) atoms. The van der Waals surface area contributed by atoms with E-state index in [1.165, 1.54) is 11.2 Å². The van der Waals surface area contributed by atoms with Crippen molar-refractivity contribution in [3.05, 3.63) is 18.5 Å². The fourth-order valence-electron chi connectivity index (χ4n) is 2.46. The SMILES string of the molecule is Nc1ncnc2ccc(NC3CCN(C(=O)O)CC3)nc12. The normalized spacial score (nSPS) is 16.1. The quantitative estimate of drug-likeness (QED) is 0.759. The van der Waals surface area contributed by atoms with Crippen LogP contribution in [-0.2, 0) is 0 Å². The van der Waals surface area contributed by atoms with Crippen LogP contribution in [0.3, 0.4) is 0 Å². The fraction of sp³-hybridized carbons (Fsp3) is 0.385. The Bertz CT molecular complexity index is 669. The number of carboxylic acid groups (broad SMARTS) is 1. The van der Waals surface area contributed by atoms with Gasteiger partial charge in [-0.2, -0.15) is 0 Å². The number of nitrogen functional groups attached to an aromatic ring is 1. The first-order chi connectivity index (χ1) is 10.1. The number of aromatic nitrogens is 3. The molecule has 2 aromatic heterocycles. The molecular formula is C13H16N6O2. The van der Waals surface area contributed by atoms with Crippen LogP contribution in [0.25, 0.3) is 11.0 Å². The highest BCUT2D eigenvalue weighted by molar-refractivity contribution is 5.84. The highest BCUT2D eigenvalue weighted by Crippen LogP contribution is 2.19. The molecule has 0 spiro atoms. The number of pyridine rings is 1. The van der Waals surface area contributed by atoms with Crippen molar-refractivity contribution < 1.29 is 9.90 Å². The predicted octanol–water partition coefficient (Wildman–Crippen LogP) is 1.16. The average molecular weight is 288 g/mol. The summed E-state index contributed by atoms with van der Waals surface area (Å²) in [6, 6.07) is 3.89. The van der Waals surface area contributed by atoms with Crippen molar-refractivity contribution in [2.75, 3.05) is 24.1 Å². The molecular weight excluding hydrogens is 272 g/mol. The molecule has 1 fully saturated rings. The summed E-state index contributed by atoms with van der Waals surface area (Å²) in [6.07, 6.45) is 2.07. The lowest BCUT2D eigenvalue weighted by molar-refractivity contribution is 0.134. The van der Waals surface area contributed by atoms with E-state index in [2.05, 4.69) is 20.3 Å². The van der Waals surface area contributed by atoms with Crippen molar-refractivity contribution in [2.24, 2.45) is 0 Å². The Kier molecular flexibility index (Phi) is 3.43. The molecule has 0 bridgehead atoms. The number of piperidine rings is 1. The molecule has 110 valence electrons. The van der Waals surface area contributed by atoms with E-state index in [1.807, 2.05) is 12.1 Å². The summed E-state index contributed by atoms with van der Waals surface area (Å²) in [5, 5.41) is 12.2. The predicted molar refractivity (Wildman–Crippen MR) is 78.0 cm³/mol. The van der Waals surface area contributed by atoms with Gasteiger partial charge in [0.05, 0.1) is 5.52 Å². The minimum absolute atomic E-state index is 0.205. The topological polar surface area (TPSA) is 117 Å².